The minimum atomic E-state index is -0.923. The molecule has 0 amide bonds. The SMILES string of the molecule is COCc1cc(N[C@H](Cc2ccccc2)C(=O)O)nc(C(C)(C)C)n1. The van der Waals surface area contributed by atoms with Crippen LogP contribution in [0.1, 0.15) is 37.9 Å². The molecule has 6 nitrogen and oxygen atoms in total. The smallest absolute Gasteiger partial charge is 0.326 e. The number of nitrogens with one attached hydrogen (secondary N) is 1. The molecule has 1 heterocycles. The van der Waals surface area contributed by atoms with Gasteiger partial charge in [0.2, 0.25) is 0 Å². The van der Waals surface area contributed by atoms with E-state index < -0.39 is 12.0 Å². The van der Waals surface area contributed by atoms with Crippen LogP contribution in [0.3, 0.4) is 0 Å². The van der Waals surface area contributed by atoms with Gasteiger partial charge in [0.1, 0.15) is 17.7 Å². The number of nitrogens with zero attached hydrogens (tertiary/aromatic N) is 2. The molecule has 0 unspecified atom stereocenters. The zero-order valence-corrected chi connectivity index (χ0v) is 15.1. The number of hydrogen-bond acceptors (Lipinski definition) is 5. The molecule has 0 bridgehead atoms. The Kier molecular flexibility index (Phi) is 6.09. The summed E-state index contributed by atoms with van der Waals surface area (Å²) in [5.74, 6) is 0.219. The molecule has 1 aromatic heterocycles. The number of hydrogen-bond donors (Lipinski definition) is 2. The van der Waals surface area contributed by atoms with Crippen LogP contribution >= 0.6 is 0 Å². The minimum absolute atomic E-state index is 0.252. The number of rotatable bonds is 7. The summed E-state index contributed by atoms with van der Waals surface area (Å²) in [6.07, 6.45) is 0.366. The first kappa shape index (κ1) is 18.9. The maximum Gasteiger partial charge on any atom is 0.326 e. The van der Waals surface area contributed by atoms with E-state index in [-0.39, 0.29) is 5.41 Å². The normalized spacial score (nSPS) is 12.6. The van der Waals surface area contributed by atoms with Gasteiger partial charge in [-0.25, -0.2) is 14.8 Å². The van der Waals surface area contributed by atoms with Gasteiger partial charge < -0.3 is 15.2 Å². The van der Waals surface area contributed by atoms with E-state index in [1.165, 1.54) is 0 Å². The third kappa shape index (κ3) is 5.53. The molecule has 25 heavy (non-hydrogen) atoms. The van der Waals surface area contributed by atoms with Crippen LogP contribution in [0.5, 0.6) is 0 Å². The van der Waals surface area contributed by atoms with Crippen molar-refractivity contribution in [2.24, 2.45) is 0 Å². The first-order chi connectivity index (χ1) is 11.8. The molecule has 0 aliphatic carbocycles. The van der Waals surface area contributed by atoms with Gasteiger partial charge in [0.25, 0.3) is 0 Å². The van der Waals surface area contributed by atoms with Crippen LogP contribution in [0.2, 0.25) is 0 Å². The van der Waals surface area contributed by atoms with Crippen LogP contribution in [0.15, 0.2) is 36.4 Å². The van der Waals surface area contributed by atoms with Crippen molar-refractivity contribution in [1.82, 2.24) is 9.97 Å². The summed E-state index contributed by atoms with van der Waals surface area (Å²) in [6.45, 7) is 6.39. The minimum Gasteiger partial charge on any atom is -0.480 e. The average Bonchev–Trinajstić information content (AvgIpc) is 2.54. The number of carboxylic acid groups (broad SMARTS) is 1. The predicted molar refractivity (Wildman–Crippen MR) is 96.6 cm³/mol. The molecular formula is C19H25N3O3. The van der Waals surface area contributed by atoms with E-state index >= 15 is 0 Å². The highest BCUT2D eigenvalue weighted by Gasteiger charge is 2.22. The highest BCUT2D eigenvalue weighted by Crippen LogP contribution is 2.21. The summed E-state index contributed by atoms with van der Waals surface area (Å²) in [7, 11) is 1.60. The Balaban J connectivity index is 2.28. The second-order valence-electron chi connectivity index (χ2n) is 6.98. The van der Waals surface area contributed by atoms with Crippen molar-refractivity contribution >= 4 is 11.8 Å². The molecule has 0 radical (unpaired) electrons. The zero-order valence-electron chi connectivity index (χ0n) is 15.1. The first-order valence-electron chi connectivity index (χ1n) is 8.20. The molecule has 0 saturated heterocycles. The van der Waals surface area contributed by atoms with E-state index in [0.29, 0.717) is 30.4 Å². The summed E-state index contributed by atoms with van der Waals surface area (Å²) in [5, 5.41) is 12.6. The summed E-state index contributed by atoms with van der Waals surface area (Å²) >= 11 is 0. The van der Waals surface area contributed by atoms with Crippen molar-refractivity contribution in [3.8, 4) is 0 Å². The molecule has 2 aromatic rings. The van der Waals surface area contributed by atoms with Crippen molar-refractivity contribution < 1.29 is 14.6 Å². The van der Waals surface area contributed by atoms with E-state index in [0.717, 1.165) is 5.56 Å². The quantitative estimate of drug-likeness (QED) is 0.804. The van der Waals surface area contributed by atoms with Crippen LogP contribution in [0.25, 0.3) is 0 Å². The fourth-order valence-electron chi connectivity index (χ4n) is 2.36. The Bertz CT molecular complexity index is 712. The molecule has 1 aromatic carbocycles. The Morgan fingerprint density at radius 1 is 1.24 bits per heavy atom. The second kappa shape index (κ2) is 8.07. The average molecular weight is 343 g/mol. The Hall–Kier alpha value is -2.47. The standard InChI is InChI=1S/C19H25N3O3/c1-19(2,3)18-20-14(12-25-4)11-16(22-18)21-15(17(23)24)10-13-8-6-5-7-9-13/h5-9,11,15H,10,12H2,1-4H3,(H,23,24)(H,20,21,22)/t15-/m1/s1. The summed E-state index contributed by atoms with van der Waals surface area (Å²) in [6, 6.07) is 10.5. The number of aromatic nitrogens is 2. The largest absolute Gasteiger partial charge is 0.480 e. The third-order valence-electron chi connectivity index (χ3n) is 3.65. The van der Waals surface area contributed by atoms with Crippen molar-refractivity contribution in [3.63, 3.8) is 0 Å². The maximum atomic E-state index is 11.7. The molecule has 0 saturated carbocycles. The molecule has 2 N–H and O–H groups in total. The lowest BCUT2D eigenvalue weighted by molar-refractivity contribution is -0.137. The number of anilines is 1. The lowest BCUT2D eigenvalue weighted by Crippen LogP contribution is -2.32. The van der Waals surface area contributed by atoms with E-state index in [1.807, 2.05) is 51.1 Å². The Morgan fingerprint density at radius 2 is 1.92 bits per heavy atom. The number of methoxy groups -OCH3 is 1. The molecule has 2 rings (SSSR count). The fraction of sp³-hybridized carbons (Fsp3) is 0.421. The van der Waals surface area contributed by atoms with Gasteiger partial charge in [-0.2, -0.15) is 0 Å². The van der Waals surface area contributed by atoms with E-state index in [4.69, 9.17) is 4.74 Å². The predicted octanol–water partition coefficient (Wildman–Crippen LogP) is 3.03. The van der Waals surface area contributed by atoms with Gasteiger partial charge >= 0.3 is 5.97 Å². The van der Waals surface area contributed by atoms with E-state index in [1.54, 1.807) is 13.2 Å². The van der Waals surface area contributed by atoms with Gasteiger partial charge in [-0.3, -0.25) is 0 Å². The number of benzene rings is 1. The molecule has 0 aliphatic rings. The number of carboxylic acids is 1. The van der Waals surface area contributed by atoms with Crippen molar-refractivity contribution in [3.05, 3.63) is 53.5 Å². The van der Waals surface area contributed by atoms with Crippen LogP contribution in [-0.4, -0.2) is 34.2 Å². The fourth-order valence-corrected chi connectivity index (χ4v) is 2.36. The van der Waals surface area contributed by atoms with Crippen molar-refractivity contribution in [2.75, 3.05) is 12.4 Å². The van der Waals surface area contributed by atoms with Gasteiger partial charge in [-0.15, -0.1) is 0 Å². The number of aliphatic carboxylic acids is 1. The van der Waals surface area contributed by atoms with Crippen LogP contribution < -0.4 is 5.32 Å². The van der Waals surface area contributed by atoms with Crippen LogP contribution in [0, 0.1) is 0 Å². The maximum absolute atomic E-state index is 11.7. The van der Waals surface area contributed by atoms with Gasteiger partial charge in [0, 0.05) is 25.0 Å². The van der Waals surface area contributed by atoms with Crippen molar-refractivity contribution in [1.29, 1.82) is 0 Å². The zero-order chi connectivity index (χ0) is 18.4. The highest BCUT2D eigenvalue weighted by molar-refractivity contribution is 5.77. The van der Waals surface area contributed by atoms with E-state index in [2.05, 4.69) is 15.3 Å². The molecule has 6 heteroatoms. The van der Waals surface area contributed by atoms with Gasteiger partial charge in [0.05, 0.1) is 12.3 Å². The summed E-state index contributed by atoms with van der Waals surface area (Å²) < 4.78 is 5.16. The van der Waals surface area contributed by atoms with Crippen LogP contribution in [-0.2, 0) is 28.0 Å². The molecular weight excluding hydrogens is 318 g/mol. The summed E-state index contributed by atoms with van der Waals surface area (Å²) in [5.41, 5.74) is 1.41. The van der Waals surface area contributed by atoms with Gasteiger partial charge in [0.15, 0.2) is 0 Å². The van der Waals surface area contributed by atoms with Crippen molar-refractivity contribution in [2.45, 2.75) is 45.3 Å². The van der Waals surface area contributed by atoms with Crippen LogP contribution in [0.4, 0.5) is 5.82 Å². The molecule has 0 aliphatic heterocycles. The molecule has 1 atom stereocenters. The summed E-state index contributed by atoms with van der Waals surface area (Å²) in [4.78, 5) is 20.7. The lowest BCUT2D eigenvalue weighted by atomic mass is 9.95. The second-order valence-corrected chi connectivity index (χ2v) is 6.98. The molecule has 0 fully saturated rings. The van der Waals surface area contributed by atoms with E-state index in [9.17, 15) is 9.90 Å². The Labute approximate surface area is 148 Å². The Morgan fingerprint density at radius 3 is 2.48 bits per heavy atom. The highest BCUT2D eigenvalue weighted by atomic mass is 16.5. The topological polar surface area (TPSA) is 84.3 Å². The van der Waals surface area contributed by atoms with Gasteiger partial charge in [-0.1, -0.05) is 51.1 Å². The number of ether oxygens (including phenoxy) is 1. The number of carbonyl (C=O) groups is 1. The molecule has 134 valence electrons. The monoisotopic (exact) mass is 343 g/mol. The third-order valence-corrected chi connectivity index (χ3v) is 3.65. The van der Waals surface area contributed by atoms with Gasteiger partial charge in [-0.05, 0) is 5.56 Å². The molecule has 0 spiro atoms. The lowest BCUT2D eigenvalue weighted by Gasteiger charge is -2.21. The first-order valence-corrected chi connectivity index (χ1v) is 8.20.